The summed E-state index contributed by atoms with van der Waals surface area (Å²) in [6, 6.07) is 12.3. The molecule has 27 heavy (non-hydrogen) atoms. The highest BCUT2D eigenvalue weighted by molar-refractivity contribution is 7.89. The normalized spacial score (nSPS) is 13.5. The second-order valence-electron chi connectivity index (χ2n) is 6.30. The van der Waals surface area contributed by atoms with Gasteiger partial charge in [-0.3, -0.25) is 4.79 Å². The SMILES string of the molecule is CCOc1ccccc1CNS(=O)(=O)c1ccc2c(c1)CCN2C(=O)CC. The van der Waals surface area contributed by atoms with Gasteiger partial charge in [-0.25, -0.2) is 13.1 Å². The second-order valence-corrected chi connectivity index (χ2v) is 8.07. The molecule has 0 aromatic heterocycles. The van der Waals surface area contributed by atoms with Crippen LogP contribution in [-0.2, 0) is 27.8 Å². The van der Waals surface area contributed by atoms with Crippen molar-refractivity contribution in [3.63, 3.8) is 0 Å². The van der Waals surface area contributed by atoms with E-state index in [-0.39, 0.29) is 17.3 Å². The molecule has 0 bridgehead atoms. The molecule has 0 atom stereocenters. The third-order valence-electron chi connectivity index (χ3n) is 4.59. The van der Waals surface area contributed by atoms with Crippen molar-refractivity contribution in [3.8, 4) is 5.75 Å². The summed E-state index contributed by atoms with van der Waals surface area (Å²) in [4.78, 5) is 13.9. The van der Waals surface area contributed by atoms with E-state index < -0.39 is 10.0 Å². The number of rotatable bonds is 7. The maximum atomic E-state index is 12.7. The molecule has 0 spiro atoms. The van der Waals surface area contributed by atoms with Crippen LogP contribution in [-0.4, -0.2) is 27.5 Å². The van der Waals surface area contributed by atoms with Crippen LogP contribution in [0.3, 0.4) is 0 Å². The van der Waals surface area contributed by atoms with Crippen molar-refractivity contribution in [2.24, 2.45) is 0 Å². The number of hydrogen-bond donors (Lipinski definition) is 1. The van der Waals surface area contributed by atoms with Gasteiger partial charge in [0.25, 0.3) is 0 Å². The number of benzene rings is 2. The number of nitrogens with one attached hydrogen (secondary N) is 1. The Balaban J connectivity index is 1.78. The summed E-state index contributed by atoms with van der Waals surface area (Å²) in [5.74, 6) is 0.723. The van der Waals surface area contributed by atoms with Crippen LogP contribution in [0.4, 0.5) is 5.69 Å². The Bertz CT molecular complexity index is 941. The van der Waals surface area contributed by atoms with E-state index in [4.69, 9.17) is 4.74 Å². The van der Waals surface area contributed by atoms with Crippen LogP contribution < -0.4 is 14.4 Å². The van der Waals surface area contributed by atoms with Crippen LogP contribution in [0.1, 0.15) is 31.4 Å². The Morgan fingerprint density at radius 3 is 2.70 bits per heavy atom. The molecule has 0 unspecified atom stereocenters. The number of hydrogen-bond acceptors (Lipinski definition) is 4. The quantitative estimate of drug-likeness (QED) is 0.791. The summed E-state index contributed by atoms with van der Waals surface area (Å²) in [5, 5.41) is 0. The molecule has 0 saturated heterocycles. The lowest BCUT2D eigenvalue weighted by atomic mass is 10.2. The molecule has 7 heteroatoms. The summed E-state index contributed by atoms with van der Waals surface area (Å²) in [7, 11) is -3.66. The number of anilines is 1. The summed E-state index contributed by atoms with van der Waals surface area (Å²) >= 11 is 0. The second kappa shape index (κ2) is 8.10. The van der Waals surface area contributed by atoms with Crippen LogP contribution in [0, 0.1) is 0 Å². The first-order chi connectivity index (χ1) is 13.0. The molecule has 1 amide bonds. The van der Waals surface area contributed by atoms with E-state index in [1.807, 2.05) is 38.1 Å². The molecule has 2 aromatic carbocycles. The van der Waals surface area contributed by atoms with E-state index in [0.717, 1.165) is 16.8 Å². The van der Waals surface area contributed by atoms with Gasteiger partial charge in [0.2, 0.25) is 15.9 Å². The minimum atomic E-state index is -3.66. The maximum Gasteiger partial charge on any atom is 0.240 e. The van der Waals surface area contributed by atoms with Crippen molar-refractivity contribution in [1.82, 2.24) is 4.72 Å². The standard InChI is InChI=1S/C20H24N2O4S/c1-3-20(23)22-12-11-15-13-17(9-10-18(15)22)27(24,25)21-14-16-7-5-6-8-19(16)26-4-2/h5-10,13,21H,3-4,11-12,14H2,1-2H3. The fraction of sp³-hybridized carbons (Fsp3) is 0.350. The molecular formula is C20H24N2O4S. The van der Waals surface area contributed by atoms with Gasteiger partial charge in [0.1, 0.15) is 5.75 Å². The van der Waals surface area contributed by atoms with Crippen molar-refractivity contribution in [3.05, 3.63) is 53.6 Å². The van der Waals surface area contributed by atoms with E-state index in [1.165, 1.54) is 0 Å². The first kappa shape index (κ1) is 19.4. The zero-order chi connectivity index (χ0) is 19.4. The first-order valence-electron chi connectivity index (χ1n) is 9.10. The van der Waals surface area contributed by atoms with Crippen molar-refractivity contribution in [1.29, 1.82) is 0 Å². The Kier molecular flexibility index (Phi) is 5.82. The molecule has 144 valence electrons. The molecule has 0 radical (unpaired) electrons. The summed E-state index contributed by atoms with van der Waals surface area (Å²) in [5.41, 5.74) is 2.47. The molecule has 1 aliphatic heterocycles. The molecule has 6 nitrogen and oxygen atoms in total. The molecular weight excluding hydrogens is 364 g/mol. The van der Waals surface area contributed by atoms with E-state index in [2.05, 4.69) is 4.72 Å². The van der Waals surface area contributed by atoms with Gasteiger partial charge < -0.3 is 9.64 Å². The number of fused-ring (bicyclic) bond motifs is 1. The van der Waals surface area contributed by atoms with E-state index in [9.17, 15) is 13.2 Å². The first-order valence-corrected chi connectivity index (χ1v) is 10.6. The van der Waals surface area contributed by atoms with E-state index >= 15 is 0 Å². The van der Waals surface area contributed by atoms with Crippen LogP contribution in [0.25, 0.3) is 0 Å². The largest absolute Gasteiger partial charge is 0.494 e. The Labute approximate surface area is 160 Å². The number of carbonyl (C=O) groups excluding carboxylic acids is 1. The van der Waals surface area contributed by atoms with Gasteiger partial charge >= 0.3 is 0 Å². The van der Waals surface area contributed by atoms with E-state index in [0.29, 0.717) is 31.7 Å². The summed E-state index contributed by atoms with van der Waals surface area (Å²) in [6.07, 6.45) is 1.10. The monoisotopic (exact) mass is 388 g/mol. The maximum absolute atomic E-state index is 12.7. The third kappa shape index (κ3) is 4.14. The van der Waals surface area contributed by atoms with Gasteiger partial charge in [-0.05, 0) is 43.2 Å². The highest BCUT2D eigenvalue weighted by Crippen LogP contribution is 2.30. The summed E-state index contributed by atoms with van der Waals surface area (Å²) in [6.45, 7) is 4.97. The lowest BCUT2D eigenvalue weighted by Crippen LogP contribution is -2.27. The van der Waals surface area contributed by atoms with Crippen molar-refractivity contribution < 1.29 is 17.9 Å². The molecule has 1 N–H and O–H groups in total. The predicted molar refractivity (Wildman–Crippen MR) is 104 cm³/mol. The Morgan fingerprint density at radius 2 is 1.96 bits per heavy atom. The smallest absolute Gasteiger partial charge is 0.240 e. The fourth-order valence-corrected chi connectivity index (χ4v) is 4.25. The molecule has 1 heterocycles. The minimum Gasteiger partial charge on any atom is -0.494 e. The zero-order valence-corrected chi connectivity index (χ0v) is 16.4. The third-order valence-corrected chi connectivity index (χ3v) is 5.98. The minimum absolute atomic E-state index is 0.0509. The lowest BCUT2D eigenvalue weighted by Gasteiger charge is -2.16. The van der Waals surface area contributed by atoms with Gasteiger partial charge in [0.15, 0.2) is 0 Å². The van der Waals surface area contributed by atoms with E-state index in [1.54, 1.807) is 23.1 Å². The Morgan fingerprint density at radius 1 is 1.19 bits per heavy atom. The fourth-order valence-electron chi connectivity index (χ4n) is 3.20. The molecule has 0 saturated carbocycles. The average Bonchev–Trinajstić information content (AvgIpc) is 3.10. The van der Waals surface area contributed by atoms with Crippen molar-refractivity contribution in [2.45, 2.75) is 38.1 Å². The van der Waals surface area contributed by atoms with Crippen molar-refractivity contribution in [2.75, 3.05) is 18.1 Å². The van der Waals surface area contributed by atoms with Gasteiger partial charge in [0, 0.05) is 30.8 Å². The van der Waals surface area contributed by atoms with Gasteiger partial charge in [-0.15, -0.1) is 0 Å². The van der Waals surface area contributed by atoms with Crippen LogP contribution in [0.15, 0.2) is 47.4 Å². The Hall–Kier alpha value is -2.38. The highest BCUT2D eigenvalue weighted by Gasteiger charge is 2.25. The molecule has 2 aromatic rings. The number of carbonyl (C=O) groups is 1. The molecule has 0 aliphatic carbocycles. The van der Waals surface area contributed by atoms with Crippen LogP contribution in [0.2, 0.25) is 0 Å². The molecule has 1 aliphatic rings. The zero-order valence-electron chi connectivity index (χ0n) is 15.6. The van der Waals surface area contributed by atoms with Crippen molar-refractivity contribution >= 4 is 21.6 Å². The number of nitrogens with zero attached hydrogens (tertiary/aromatic N) is 1. The highest BCUT2D eigenvalue weighted by atomic mass is 32.2. The van der Waals surface area contributed by atoms with Gasteiger partial charge in [-0.1, -0.05) is 25.1 Å². The average molecular weight is 388 g/mol. The van der Waals surface area contributed by atoms with Crippen LogP contribution >= 0.6 is 0 Å². The predicted octanol–water partition coefficient (Wildman–Crippen LogP) is 2.86. The molecule has 0 fully saturated rings. The summed E-state index contributed by atoms with van der Waals surface area (Å²) < 4.78 is 33.6. The number of amides is 1. The lowest BCUT2D eigenvalue weighted by molar-refractivity contribution is -0.118. The number of ether oxygens (including phenoxy) is 1. The van der Waals surface area contributed by atoms with Gasteiger partial charge in [0.05, 0.1) is 11.5 Å². The van der Waals surface area contributed by atoms with Crippen LogP contribution in [0.5, 0.6) is 5.75 Å². The number of sulfonamides is 1. The topological polar surface area (TPSA) is 75.7 Å². The number of para-hydroxylation sites is 1. The molecule has 3 rings (SSSR count). The van der Waals surface area contributed by atoms with Gasteiger partial charge in [-0.2, -0.15) is 0 Å².